The van der Waals surface area contributed by atoms with Crippen molar-refractivity contribution in [2.24, 2.45) is 0 Å². The number of nitrogens with zero attached hydrogens (tertiary/aromatic N) is 2. The highest BCUT2D eigenvalue weighted by molar-refractivity contribution is 5.99. The Labute approximate surface area is 220 Å². The Kier molecular flexibility index (Phi) is 8.05. The molecule has 12 heteroatoms. The molecule has 0 spiro atoms. The molecule has 0 saturated carbocycles. The third kappa shape index (κ3) is 5.51. The first-order valence-electron chi connectivity index (χ1n) is 11.8. The summed E-state index contributed by atoms with van der Waals surface area (Å²) in [6.45, 7) is -0.00485. The molecule has 1 atom stereocenters. The van der Waals surface area contributed by atoms with Gasteiger partial charge in [-0.2, -0.15) is 0 Å². The van der Waals surface area contributed by atoms with Crippen LogP contribution in [-0.4, -0.2) is 42.2 Å². The van der Waals surface area contributed by atoms with Gasteiger partial charge in [0.25, 0.3) is 5.91 Å². The number of aliphatic hydroxyl groups excluding tert-OH is 1. The predicted molar refractivity (Wildman–Crippen MR) is 131 cm³/mol. The van der Waals surface area contributed by atoms with Gasteiger partial charge in [0.05, 0.1) is 24.9 Å². The van der Waals surface area contributed by atoms with Crippen molar-refractivity contribution in [3.8, 4) is 5.75 Å². The fraction of sp³-hybridized carbons (Fsp3) is 0.259. The van der Waals surface area contributed by atoms with E-state index in [4.69, 9.17) is 9.84 Å². The van der Waals surface area contributed by atoms with Gasteiger partial charge < -0.3 is 20.1 Å². The van der Waals surface area contributed by atoms with Gasteiger partial charge in [0.15, 0.2) is 11.6 Å². The Morgan fingerprint density at radius 3 is 2.36 bits per heavy atom. The number of aliphatic hydroxyl groups is 1. The van der Waals surface area contributed by atoms with Crippen LogP contribution in [0.2, 0.25) is 0 Å². The quantitative estimate of drug-likeness (QED) is 0.395. The zero-order valence-electron chi connectivity index (χ0n) is 20.9. The molecule has 206 valence electrons. The van der Waals surface area contributed by atoms with E-state index in [0.717, 1.165) is 17.0 Å². The number of benzene rings is 3. The Bertz CT molecular complexity index is 1410. The van der Waals surface area contributed by atoms with Crippen molar-refractivity contribution in [1.29, 1.82) is 0 Å². The smallest absolute Gasteiger partial charge is 0.325 e. The van der Waals surface area contributed by atoms with E-state index >= 15 is 4.39 Å². The van der Waals surface area contributed by atoms with Crippen molar-refractivity contribution in [1.82, 2.24) is 10.2 Å². The summed E-state index contributed by atoms with van der Waals surface area (Å²) in [5.41, 5.74) is -0.211. The second kappa shape index (κ2) is 11.3. The lowest BCUT2D eigenvalue weighted by atomic mass is 9.98. The summed E-state index contributed by atoms with van der Waals surface area (Å²) in [6.07, 6.45) is 0. The molecule has 7 nitrogen and oxygen atoms in total. The molecule has 0 aromatic heterocycles. The molecule has 0 radical (unpaired) electrons. The van der Waals surface area contributed by atoms with Crippen LogP contribution in [0.15, 0.2) is 42.5 Å². The first-order chi connectivity index (χ1) is 18.5. The minimum atomic E-state index is -1.17. The van der Waals surface area contributed by atoms with Crippen LogP contribution in [0, 0.1) is 29.1 Å². The zero-order valence-corrected chi connectivity index (χ0v) is 20.9. The molecule has 1 heterocycles. The first kappa shape index (κ1) is 27.8. The van der Waals surface area contributed by atoms with Gasteiger partial charge in [-0.25, -0.2) is 26.7 Å². The van der Waals surface area contributed by atoms with Crippen molar-refractivity contribution in [2.75, 3.05) is 25.2 Å². The lowest BCUT2D eigenvalue weighted by Gasteiger charge is -2.39. The third-order valence-electron chi connectivity index (χ3n) is 6.49. The molecule has 4 rings (SSSR count). The Morgan fingerprint density at radius 1 is 1.00 bits per heavy atom. The number of rotatable bonds is 8. The number of amides is 3. The summed E-state index contributed by atoms with van der Waals surface area (Å²) in [5, 5.41) is 11.3. The fourth-order valence-electron chi connectivity index (χ4n) is 4.25. The Hall–Kier alpha value is -4.19. The number of nitrogens with one attached hydrogen (secondary N) is 1. The molecule has 1 aliphatic heterocycles. The van der Waals surface area contributed by atoms with Gasteiger partial charge in [-0.3, -0.25) is 9.69 Å². The van der Waals surface area contributed by atoms with E-state index in [0.29, 0.717) is 17.7 Å². The van der Waals surface area contributed by atoms with Gasteiger partial charge in [-0.1, -0.05) is 6.07 Å². The number of urea groups is 1. The highest BCUT2D eigenvalue weighted by atomic mass is 19.2. The van der Waals surface area contributed by atoms with E-state index in [1.54, 1.807) is 13.0 Å². The van der Waals surface area contributed by atoms with Crippen LogP contribution < -0.4 is 15.0 Å². The maximum absolute atomic E-state index is 15.1. The lowest BCUT2D eigenvalue weighted by molar-refractivity contribution is 0.0950. The van der Waals surface area contributed by atoms with E-state index in [9.17, 15) is 27.2 Å². The third-order valence-corrected chi connectivity index (χ3v) is 6.49. The van der Waals surface area contributed by atoms with Crippen molar-refractivity contribution >= 4 is 17.6 Å². The zero-order chi connectivity index (χ0) is 28.4. The summed E-state index contributed by atoms with van der Waals surface area (Å²) in [7, 11) is 1.52. The average molecular weight is 549 g/mol. The highest BCUT2D eigenvalue weighted by Crippen LogP contribution is 2.38. The lowest BCUT2D eigenvalue weighted by Crippen LogP contribution is -2.47. The topological polar surface area (TPSA) is 82.1 Å². The number of halogens is 5. The van der Waals surface area contributed by atoms with Crippen LogP contribution >= 0.6 is 0 Å². The number of anilines is 1. The van der Waals surface area contributed by atoms with E-state index in [-0.39, 0.29) is 23.6 Å². The van der Waals surface area contributed by atoms with E-state index in [1.165, 1.54) is 24.1 Å². The molecule has 3 aromatic carbocycles. The molecule has 1 aliphatic rings. The molecule has 0 bridgehead atoms. The van der Waals surface area contributed by atoms with Crippen LogP contribution in [0.1, 0.15) is 40.0 Å². The van der Waals surface area contributed by atoms with Gasteiger partial charge in [0, 0.05) is 42.4 Å². The summed E-state index contributed by atoms with van der Waals surface area (Å²) in [6, 6.07) is 6.33. The van der Waals surface area contributed by atoms with Crippen LogP contribution in [-0.2, 0) is 13.1 Å². The predicted octanol–water partition coefficient (Wildman–Crippen LogP) is 4.82. The van der Waals surface area contributed by atoms with E-state index in [1.807, 2.05) is 0 Å². The molecular formula is C27H24F5N3O4. The monoisotopic (exact) mass is 549 g/mol. The molecule has 3 aromatic rings. The van der Waals surface area contributed by atoms with Gasteiger partial charge in [0.2, 0.25) is 0 Å². The largest absolute Gasteiger partial charge is 0.488 e. The molecular weight excluding hydrogens is 525 g/mol. The molecule has 0 saturated heterocycles. The summed E-state index contributed by atoms with van der Waals surface area (Å²) >= 11 is 0. The minimum absolute atomic E-state index is 0.00667. The molecule has 39 heavy (non-hydrogen) atoms. The number of hydrogen-bond donors (Lipinski definition) is 2. The van der Waals surface area contributed by atoms with Gasteiger partial charge >= 0.3 is 6.03 Å². The number of fused-ring (bicyclic) bond motifs is 1. The normalized spacial score (nSPS) is 14.9. The van der Waals surface area contributed by atoms with Crippen molar-refractivity contribution in [3.05, 3.63) is 93.8 Å². The maximum Gasteiger partial charge on any atom is 0.325 e. The molecule has 1 unspecified atom stereocenters. The minimum Gasteiger partial charge on any atom is -0.488 e. The second-order valence-electron chi connectivity index (χ2n) is 8.87. The van der Waals surface area contributed by atoms with Gasteiger partial charge in [0.1, 0.15) is 29.9 Å². The molecule has 0 fully saturated rings. The van der Waals surface area contributed by atoms with Crippen molar-refractivity contribution in [3.63, 3.8) is 0 Å². The Morgan fingerprint density at radius 2 is 1.69 bits per heavy atom. The number of carbonyl (C=O) groups excluding carboxylic acids is 2. The SMILES string of the molecule is CC1c2ccc(C(=O)NCc3c(F)cc(F)cc3F)cc2N(Cc2c(F)ccc(OCCO)c2F)C(=O)N1C. The summed E-state index contributed by atoms with van der Waals surface area (Å²) in [5.74, 6) is -6.47. The fourth-order valence-corrected chi connectivity index (χ4v) is 4.25. The summed E-state index contributed by atoms with van der Waals surface area (Å²) in [4.78, 5) is 28.5. The standard InChI is InChI=1S/C27H24F5N3O4/c1-14-17-4-3-15(26(37)33-12-18-21(30)10-16(28)11-22(18)31)9-23(17)35(27(38)34(14)2)13-19-20(29)5-6-24(25(19)32)39-8-7-36/h3-6,9-11,14,36H,7-8,12-13H2,1-2H3,(H,33,37). The van der Waals surface area contributed by atoms with Crippen LogP contribution in [0.25, 0.3) is 0 Å². The van der Waals surface area contributed by atoms with Crippen LogP contribution in [0.4, 0.5) is 32.4 Å². The van der Waals surface area contributed by atoms with Crippen LogP contribution in [0.5, 0.6) is 5.75 Å². The maximum atomic E-state index is 15.1. The number of carbonyl (C=O) groups is 2. The van der Waals surface area contributed by atoms with E-state index in [2.05, 4.69) is 5.32 Å². The Balaban J connectivity index is 1.66. The number of hydrogen-bond acceptors (Lipinski definition) is 4. The highest BCUT2D eigenvalue weighted by Gasteiger charge is 2.35. The molecule has 0 aliphatic carbocycles. The van der Waals surface area contributed by atoms with Crippen molar-refractivity contribution in [2.45, 2.75) is 26.1 Å². The summed E-state index contributed by atoms with van der Waals surface area (Å²) < 4.78 is 76.0. The van der Waals surface area contributed by atoms with E-state index < -0.39 is 77.9 Å². The molecule has 2 N–H and O–H groups in total. The number of ether oxygens (including phenoxy) is 1. The first-order valence-corrected chi connectivity index (χ1v) is 11.8. The van der Waals surface area contributed by atoms with Crippen LogP contribution in [0.3, 0.4) is 0 Å². The van der Waals surface area contributed by atoms with Gasteiger partial charge in [-0.15, -0.1) is 0 Å². The average Bonchev–Trinajstić information content (AvgIpc) is 2.90. The van der Waals surface area contributed by atoms with Gasteiger partial charge in [-0.05, 0) is 36.8 Å². The van der Waals surface area contributed by atoms with Crippen molar-refractivity contribution < 1.29 is 41.4 Å². The second-order valence-corrected chi connectivity index (χ2v) is 8.87. The molecule has 3 amide bonds.